The SMILES string of the molecule is COc1ccc(Cl)c(NC(=O)CCCNC(C)C)c1. The Bertz CT molecular complexity index is 422. The summed E-state index contributed by atoms with van der Waals surface area (Å²) in [6.45, 7) is 4.99. The third-order valence-corrected chi connectivity index (χ3v) is 2.91. The van der Waals surface area contributed by atoms with E-state index in [9.17, 15) is 4.79 Å². The highest BCUT2D eigenvalue weighted by Gasteiger charge is 2.07. The third-order valence-electron chi connectivity index (χ3n) is 2.58. The van der Waals surface area contributed by atoms with Crippen molar-refractivity contribution in [3.8, 4) is 5.75 Å². The molecule has 1 aromatic rings. The lowest BCUT2D eigenvalue weighted by Gasteiger charge is -2.10. The molecule has 1 amide bonds. The first-order valence-electron chi connectivity index (χ1n) is 6.39. The van der Waals surface area contributed by atoms with Gasteiger partial charge in [-0.15, -0.1) is 0 Å². The monoisotopic (exact) mass is 284 g/mol. The molecule has 0 heterocycles. The smallest absolute Gasteiger partial charge is 0.224 e. The first kappa shape index (κ1) is 15.8. The quantitative estimate of drug-likeness (QED) is 0.757. The largest absolute Gasteiger partial charge is 0.497 e. The topological polar surface area (TPSA) is 50.4 Å². The molecule has 0 fully saturated rings. The molecule has 0 bridgehead atoms. The lowest BCUT2D eigenvalue weighted by molar-refractivity contribution is -0.116. The predicted octanol–water partition coefficient (Wildman–Crippen LogP) is 3.07. The number of rotatable bonds is 7. The highest BCUT2D eigenvalue weighted by molar-refractivity contribution is 6.33. The molecule has 0 atom stereocenters. The lowest BCUT2D eigenvalue weighted by atomic mass is 10.2. The van der Waals surface area contributed by atoms with Crippen LogP contribution >= 0.6 is 11.6 Å². The second kappa shape index (κ2) is 8.02. The van der Waals surface area contributed by atoms with Crippen LogP contribution in [0.4, 0.5) is 5.69 Å². The van der Waals surface area contributed by atoms with Crippen molar-refractivity contribution in [2.24, 2.45) is 0 Å². The Labute approximate surface area is 119 Å². The molecule has 0 aromatic heterocycles. The molecule has 0 radical (unpaired) electrons. The Hall–Kier alpha value is -1.26. The van der Waals surface area contributed by atoms with E-state index in [1.54, 1.807) is 25.3 Å². The van der Waals surface area contributed by atoms with Gasteiger partial charge in [-0.3, -0.25) is 4.79 Å². The summed E-state index contributed by atoms with van der Waals surface area (Å²) in [5.41, 5.74) is 0.586. The summed E-state index contributed by atoms with van der Waals surface area (Å²) in [7, 11) is 1.58. The van der Waals surface area contributed by atoms with E-state index in [2.05, 4.69) is 24.5 Å². The first-order chi connectivity index (χ1) is 9.02. The molecular weight excluding hydrogens is 264 g/mol. The first-order valence-corrected chi connectivity index (χ1v) is 6.77. The van der Waals surface area contributed by atoms with Crippen molar-refractivity contribution in [2.45, 2.75) is 32.7 Å². The number of hydrogen-bond acceptors (Lipinski definition) is 3. The number of hydrogen-bond donors (Lipinski definition) is 2. The molecule has 0 spiro atoms. The number of anilines is 1. The van der Waals surface area contributed by atoms with E-state index in [0.29, 0.717) is 28.9 Å². The van der Waals surface area contributed by atoms with Gasteiger partial charge >= 0.3 is 0 Å². The van der Waals surface area contributed by atoms with E-state index in [0.717, 1.165) is 13.0 Å². The minimum Gasteiger partial charge on any atom is -0.497 e. The van der Waals surface area contributed by atoms with Crippen LogP contribution < -0.4 is 15.4 Å². The molecule has 1 aromatic carbocycles. The summed E-state index contributed by atoms with van der Waals surface area (Å²) in [6.07, 6.45) is 1.26. The van der Waals surface area contributed by atoms with E-state index in [1.165, 1.54) is 0 Å². The van der Waals surface area contributed by atoms with Crippen molar-refractivity contribution in [1.82, 2.24) is 5.32 Å². The van der Waals surface area contributed by atoms with Gasteiger partial charge in [-0.1, -0.05) is 25.4 Å². The van der Waals surface area contributed by atoms with E-state index >= 15 is 0 Å². The zero-order chi connectivity index (χ0) is 14.3. The van der Waals surface area contributed by atoms with Gasteiger partial charge < -0.3 is 15.4 Å². The van der Waals surface area contributed by atoms with Gasteiger partial charge in [0, 0.05) is 18.5 Å². The number of benzene rings is 1. The minimum atomic E-state index is -0.0410. The van der Waals surface area contributed by atoms with Crippen molar-refractivity contribution >= 4 is 23.2 Å². The molecule has 0 aliphatic rings. The Kier molecular flexibility index (Phi) is 6.67. The molecule has 0 saturated carbocycles. The summed E-state index contributed by atoms with van der Waals surface area (Å²) in [6, 6.07) is 5.61. The molecule has 0 aliphatic heterocycles. The summed E-state index contributed by atoms with van der Waals surface area (Å²) >= 11 is 6.02. The maximum Gasteiger partial charge on any atom is 0.224 e. The Morgan fingerprint density at radius 2 is 2.16 bits per heavy atom. The number of nitrogens with one attached hydrogen (secondary N) is 2. The van der Waals surface area contributed by atoms with Gasteiger partial charge in [0.15, 0.2) is 0 Å². The molecule has 106 valence electrons. The molecule has 2 N–H and O–H groups in total. The predicted molar refractivity (Wildman–Crippen MR) is 79.0 cm³/mol. The van der Waals surface area contributed by atoms with Crippen LogP contribution in [0.2, 0.25) is 5.02 Å². The molecule has 1 rings (SSSR count). The molecule has 19 heavy (non-hydrogen) atoms. The Morgan fingerprint density at radius 1 is 1.42 bits per heavy atom. The summed E-state index contributed by atoms with van der Waals surface area (Å²) in [5.74, 6) is 0.627. The average Bonchev–Trinajstić information content (AvgIpc) is 2.37. The normalized spacial score (nSPS) is 10.6. The average molecular weight is 285 g/mol. The molecule has 0 saturated heterocycles. The highest BCUT2D eigenvalue weighted by atomic mass is 35.5. The van der Waals surface area contributed by atoms with Crippen LogP contribution in [0.1, 0.15) is 26.7 Å². The fourth-order valence-electron chi connectivity index (χ4n) is 1.58. The van der Waals surface area contributed by atoms with Crippen molar-refractivity contribution < 1.29 is 9.53 Å². The van der Waals surface area contributed by atoms with Crippen molar-refractivity contribution in [3.05, 3.63) is 23.2 Å². The summed E-state index contributed by atoms with van der Waals surface area (Å²) < 4.78 is 5.10. The number of ether oxygens (including phenoxy) is 1. The maximum atomic E-state index is 11.8. The van der Waals surface area contributed by atoms with Gasteiger partial charge in [-0.05, 0) is 25.1 Å². The lowest BCUT2D eigenvalue weighted by Crippen LogP contribution is -2.24. The van der Waals surface area contributed by atoms with E-state index in [-0.39, 0.29) is 5.91 Å². The molecule has 4 nitrogen and oxygen atoms in total. The number of halogens is 1. The molecular formula is C14H21ClN2O2. The number of carbonyl (C=O) groups is 1. The number of amides is 1. The second-order valence-electron chi connectivity index (χ2n) is 4.61. The summed E-state index contributed by atoms with van der Waals surface area (Å²) in [5, 5.41) is 6.57. The number of methoxy groups -OCH3 is 1. The van der Waals surface area contributed by atoms with Gasteiger partial charge in [0.05, 0.1) is 17.8 Å². The standard InChI is InChI=1S/C14H21ClN2O2/c1-10(2)16-8-4-5-14(18)17-13-9-11(19-3)6-7-12(13)15/h6-7,9-10,16H,4-5,8H2,1-3H3,(H,17,18). The van der Waals surface area contributed by atoms with Crippen molar-refractivity contribution in [1.29, 1.82) is 0 Å². The fourth-order valence-corrected chi connectivity index (χ4v) is 1.74. The number of carbonyl (C=O) groups excluding carboxylic acids is 1. The third kappa shape index (κ3) is 5.94. The molecule has 0 aliphatic carbocycles. The zero-order valence-corrected chi connectivity index (χ0v) is 12.4. The van der Waals surface area contributed by atoms with Crippen LogP contribution in [0, 0.1) is 0 Å². The van der Waals surface area contributed by atoms with Crippen molar-refractivity contribution in [3.63, 3.8) is 0 Å². The van der Waals surface area contributed by atoms with Crippen LogP contribution in [0.3, 0.4) is 0 Å². The fraction of sp³-hybridized carbons (Fsp3) is 0.500. The Balaban J connectivity index is 2.43. The van der Waals surface area contributed by atoms with Crippen LogP contribution in [-0.2, 0) is 4.79 Å². The van der Waals surface area contributed by atoms with Crippen LogP contribution in [0.25, 0.3) is 0 Å². The van der Waals surface area contributed by atoms with Crippen LogP contribution in [-0.4, -0.2) is 25.6 Å². The zero-order valence-electron chi connectivity index (χ0n) is 11.6. The van der Waals surface area contributed by atoms with Gasteiger partial charge in [0.1, 0.15) is 5.75 Å². The van der Waals surface area contributed by atoms with Gasteiger partial charge in [0.2, 0.25) is 5.91 Å². The van der Waals surface area contributed by atoms with E-state index in [4.69, 9.17) is 16.3 Å². The van der Waals surface area contributed by atoms with Gasteiger partial charge in [0.25, 0.3) is 0 Å². The Morgan fingerprint density at radius 3 is 2.79 bits per heavy atom. The maximum absolute atomic E-state index is 11.8. The van der Waals surface area contributed by atoms with Crippen LogP contribution in [0.5, 0.6) is 5.75 Å². The van der Waals surface area contributed by atoms with Gasteiger partial charge in [-0.2, -0.15) is 0 Å². The highest BCUT2D eigenvalue weighted by Crippen LogP contribution is 2.26. The van der Waals surface area contributed by atoms with Crippen LogP contribution in [0.15, 0.2) is 18.2 Å². The summed E-state index contributed by atoms with van der Waals surface area (Å²) in [4.78, 5) is 11.8. The van der Waals surface area contributed by atoms with E-state index in [1.807, 2.05) is 0 Å². The minimum absolute atomic E-state index is 0.0410. The molecule has 5 heteroatoms. The van der Waals surface area contributed by atoms with E-state index < -0.39 is 0 Å². The van der Waals surface area contributed by atoms with Gasteiger partial charge in [-0.25, -0.2) is 0 Å². The molecule has 0 unspecified atom stereocenters. The van der Waals surface area contributed by atoms with Crippen molar-refractivity contribution in [2.75, 3.05) is 19.0 Å². The second-order valence-corrected chi connectivity index (χ2v) is 5.01.